The molecule has 0 aliphatic carbocycles. The molecule has 3 aromatic rings. The van der Waals surface area contributed by atoms with Gasteiger partial charge in [0.2, 0.25) is 0 Å². The lowest BCUT2D eigenvalue weighted by molar-refractivity contribution is -0.113. The molecule has 7 nitrogen and oxygen atoms in total. The Labute approximate surface area is 228 Å². The number of morpholine rings is 1. The van der Waals surface area contributed by atoms with Gasteiger partial charge in [0, 0.05) is 30.4 Å². The third kappa shape index (κ3) is 5.87. The molecule has 0 bridgehead atoms. The molecule has 1 amide bonds. The van der Waals surface area contributed by atoms with Crippen molar-refractivity contribution in [2.24, 2.45) is 4.99 Å². The number of hydrogen-bond acceptors (Lipinski definition) is 6. The minimum absolute atomic E-state index is 0.0954. The van der Waals surface area contributed by atoms with Crippen molar-refractivity contribution >= 4 is 28.9 Å². The summed E-state index contributed by atoms with van der Waals surface area (Å²) in [5.74, 6) is 0.671. The van der Waals surface area contributed by atoms with E-state index in [4.69, 9.17) is 14.6 Å². The van der Waals surface area contributed by atoms with Crippen molar-refractivity contribution in [3.05, 3.63) is 70.8 Å². The van der Waals surface area contributed by atoms with Crippen molar-refractivity contribution in [3.63, 3.8) is 0 Å². The van der Waals surface area contributed by atoms with Crippen molar-refractivity contribution in [2.45, 2.75) is 52.7 Å². The fourth-order valence-electron chi connectivity index (χ4n) is 4.72. The van der Waals surface area contributed by atoms with E-state index in [1.165, 1.54) is 11.8 Å². The van der Waals surface area contributed by atoms with Gasteiger partial charge in [-0.25, -0.2) is 4.68 Å². The zero-order valence-electron chi connectivity index (χ0n) is 22.4. The van der Waals surface area contributed by atoms with Crippen LogP contribution in [0.15, 0.2) is 64.6 Å². The lowest BCUT2D eigenvalue weighted by atomic mass is 10.0. The van der Waals surface area contributed by atoms with Crippen molar-refractivity contribution in [3.8, 4) is 22.7 Å². The topological polar surface area (TPSA) is 68.9 Å². The van der Waals surface area contributed by atoms with Crippen LogP contribution in [0.2, 0.25) is 0 Å². The summed E-state index contributed by atoms with van der Waals surface area (Å²) < 4.78 is 13.7. The highest BCUT2D eigenvalue weighted by atomic mass is 32.2. The van der Waals surface area contributed by atoms with Crippen molar-refractivity contribution in [1.29, 1.82) is 0 Å². The van der Waals surface area contributed by atoms with Gasteiger partial charge in [0.15, 0.2) is 5.17 Å². The number of carbonyl (C=O) groups is 1. The number of carbonyl (C=O) groups excluding carboxylic acids is 1. The number of aryl methyl sites for hydroxylation is 1. The minimum atomic E-state index is -0.217. The Hall–Kier alpha value is -3.36. The number of nitrogens with zero attached hydrogens (tertiary/aromatic N) is 4. The molecule has 0 radical (unpaired) electrons. The molecule has 38 heavy (non-hydrogen) atoms. The first-order valence-corrected chi connectivity index (χ1v) is 14.0. The highest BCUT2D eigenvalue weighted by Crippen LogP contribution is 2.35. The van der Waals surface area contributed by atoms with Crippen LogP contribution in [0.1, 0.15) is 44.7 Å². The number of amidine groups is 1. The van der Waals surface area contributed by atoms with Gasteiger partial charge in [-0.2, -0.15) is 10.1 Å². The second-order valence-corrected chi connectivity index (χ2v) is 10.9. The number of ether oxygens (including phenoxy) is 2. The number of aromatic nitrogens is 2. The molecule has 1 saturated heterocycles. The molecular weight excluding hydrogens is 496 g/mol. The predicted molar refractivity (Wildman–Crippen MR) is 154 cm³/mol. The summed E-state index contributed by atoms with van der Waals surface area (Å²) in [4.78, 5) is 20.1. The van der Waals surface area contributed by atoms with Gasteiger partial charge < -0.3 is 14.4 Å². The van der Waals surface area contributed by atoms with Gasteiger partial charge >= 0.3 is 0 Å². The summed E-state index contributed by atoms with van der Waals surface area (Å²) in [6, 6.07) is 16.1. The number of para-hydroxylation sites is 1. The normalized spacial score (nSPS) is 20.7. The van der Waals surface area contributed by atoms with Crippen LogP contribution >= 0.6 is 11.8 Å². The average Bonchev–Trinajstić information content (AvgIpc) is 3.49. The maximum atomic E-state index is 13.0. The second-order valence-electron chi connectivity index (χ2n) is 9.87. The van der Waals surface area contributed by atoms with Gasteiger partial charge in [-0.05, 0) is 80.9 Å². The number of thioether (sulfide) groups is 1. The first-order valence-electron chi connectivity index (χ1n) is 13.2. The Bertz CT molecular complexity index is 1360. The van der Waals surface area contributed by atoms with E-state index in [-0.39, 0.29) is 18.1 Å². The van der Waals surface area contributed by atoms with E-state index >= 15 is 0 Å². The number of unbranched alkanes of at least 4 members (excludes halogenated alkanes) is 1. The molecule has 2 aromatic carbocycles. The number of hydrogen-bond donors (Lipinski definition) is 0. The number of amides is 1. The van der Waals surface area contributed by atoms with E-state index in [0.717, 1.165) is 64.9 Å². The molecular formula is C30H34N4O3S. The molecule has 2 aliphatic heterocycles. The molecule has 0 N–H and O–H groups in total. The van der Waals surface area contributed by atoms with Crippen LogP contribution in [-0.4, -0.2) is 57.7 Å². The quantitative estimate of drug-likeness (QED) is 0.271. The minimum Gasteiger partial charge on any atom is -0.493 e. The van der Waals surface area contributed by atoms with Crippen LogP contribution in [0, 0.1) is 6.92 Å². The second kappa shape index (κ2) is 11.6. The van der Waals surface area contributed by atoms with Crippen LogP contribution in [0.25, 0.3) is 23.0 Å². The van der Waals surface area contributed by atoms with Crippen LogP contribution in [0.3, 0.4) is 0 Å². The van der Waals surface area contributed by atoms with Crippen LogP contribution < -0.4 is 4.74 Å². The third-order valence-electron chi connectivity index (χ3n) is 6.55. The fourth-order valence-corrected chi connectivity index (χ4v) is 5.65. The van der Waals surface area contributed by atoms with Crippen molar-refractivity contribution < 1.29 is 14.3 Å². The first kappa shape index (κ1) is 26.3. The maximum Gasteiger partial charge on any atom is 0.286 e. The zero-order valence-corrected chi connectivity index (χ0v) is 23.2. The molecule has 3 heterocycles. The maximum absolute atomic E-state index is 13.0. The Morgan fingerprint density at radius 1 is 1.13 bits per heavy atom. The molecule has 2 atom stereocenters. The summed E-state index contributed by atoms with van der Waals surface area (Å²) in [6.07, 6.45) is 6.20. The Morgan fingerprint density at radius 3 is 2.61 bits per heavy atom. The summed E-state index contributed by atoms with van der Waals surface area (Å²) in [5.41, 5.74) is 4.65. The number of aliphatic imine (C=N–C) groups is 1. The van der Waals surface area contributed by atoms with E-state index in [2.05, 4.69) is 29.8 Å². The Balaban J connectivity index is 1.47. The molecule has 1 fully saturated rings. The largest absolute Gasteiger partial charge is 0.493 e. The third-order valence-corrected chi connectivity index (χ3v) is 7.60. The monoisotopic (exact) mass is 530 g/mol. The lowest BCUT2D eigenvalue weighted by Crippen LogP contribution is -2.47. The summed E-state index contributed by atoms with van der Waals surface area (Å²) in [7, 11) is 0. The number of rotatable bonds is 7. The van der Waals surface area contributed by atoms with Gasteiger partial charge in [0.25, 0.3) is 5.91 Å². The van der Waals surface area contributed by atoms with Crippen molar-refractivity contribution in [1.82, 2.24) is 14.7 Å². The molecule has 2 aliphatic rings. The van der Waals surface area contributed by atoms with Gasteiger partial charge in [-0.1, -0.05) is 31.5 Å². The predicted octanol–water partition coefficient (Wildman–Crippen LogP) is 6.11. The van der Waals surface area contributed by atoms with E-state index in [1.54, 1.807) is 0 Å². The van der Waals surface area contributed by atoms with E-state index in [9.17, 15) is 4.79 Å². The standard InChI is InChI=1S/C30H34N4O3S/c1-5-6-14-36-26-13-12-23(15-20(26)2)28-24(19-34(32-28)25-10-8-7-9-11-25)16-27-29(35)31-30(38-27)33-17-21(3)37-22(4)18-33/h7-13,15-16,19,21-22H,5-6,14,17-18H2,1-4H3/b27-16-/t21-,22+. The Morgan fingerprint density at radius 2 is 1.89 bits per heavy atom. The smallest absolute Gasteiger partial charge is 0.286 e. The molecule has 0 saturated carbocycles. The SMILES string of the molecule is CCCCOc1ccc(-c2nn(-c3ccccc3)cc2/C=C2\SC(N3C[C@@H](C)O[C@@H](C)C3)=NC2=O)cc1C. The highest BCUT2D eigenvalue weighted by Gasteiger charge is 2.31. The first-order chi connectivity index (χ1) is 18.4. The molecule has 0 spiro atoms. The molecule has 1 aromatic heterocycles. The zero-order chi connectivity index (χ0) is 26.6. The molecule has 5 rings (SSSR count). The van der Waals surface area contributed by atoms with E-state index < -0.39 is 0 Å². The van der Waals surface area contributed by atoms with Gasteiger partial charge in [0.05, 0.1) is 29.4 Å². The summed E-state index contributed by atoms with van der Waals surface area (Å²) >= 11 is 1.42. The van der Waals surface area contributed by atoms with Crippen molar-refractivity contribution in [2.75, 3.05) is 19.7 Å². The fraction of sp³-hybridized carbons (Fsp3) is 0.367. The van der Waals surface area contributed by atoms with E-state index in [0.29, 0.717) is 11.5 Å². The summed E-state index contributed by atoms with van der Waals surface area (Å²) in [6.45, 7) is 10.5. The van der Waals surface area contributed by atoms with Gasteiger partial charge in [-0.15, -0.1) is 0 Å². The summed E-state index contributed by atoms with van der Waals surface area (Å²) in [5, 5.41) is 5.68. The molecule has 8 heteroatoms. The van der Waals surface area contributed by atoms with E-state index in [1.807, 2.05) is 73.3 Å². The molecule has 198 valence electrons. The lowest BCUT2D eigenvalue weighted by Gasteiger charge is -2.35. The molecule has 0 unspecified atom stereocenters. The van der Waals surface area contributed by atoms with Crippen LogP contribution in [-0.2, 0) is 9.53 Å². The average molecular weight is 531 g/mol. The highest BCUT2D eigenvalue weighted by molar-refractivity contribution is 8.18. The Kier molecular flexibility index (Phi) is 8.00. The van der Waals surface area contributed by atoms with Gasteiger partial charge in [-0.3, -0.25) is 4.79 Å². The van der Waals surface area contributed by atoms with Gasteiger partial charge in [0.1, 0.15) is 11.4 Å². The number of benzene rings is 2. The van der Waals surface area contributed by atoms with Crippen LogP contribution in [0.5, 0.6) is 5.75 Å². The van der Waals surface area contributed by atoms with Crippen LogP contribution in [0.4, 0.5) is 0 Å².